The van der Waals surface area contributed by atoms with E-state index in [2.05, 4.69) is 5.32 Å². The van der Waals surface area contributed by atoms with E-state index in [4.69, 9.17) is 23.2 Å². The molecule has 5 heteroatoms. The summed E-state index contributed by atoms with van der Waals surface area (Å²) in [6.07, 6.45) is 3.03. The van der Waals surface area contributed by atoms with Crippen LogP contribution in [0, 0.1) is 0 Å². The molecule has 1 aliphatic rings. The van der Waals surface area contributed by atoms with Crippen LogP contribution in [0.3, 0.4) is 0 Å². The van der Waals surface area contributed by atoms with Crippen molar-refractivity contribution in [3.63, 3.8) is 0 Å². The molecule has 3 atom stereocenters. The van der Waals surface area contributed by atoms with Gasteiger partial charge < -0.3 is 15.5 Å². The molecular weight excluding hydrogens is 285 g/mol. The number of rotatable bonds is 4. The summed E-state index contributed by atoms with van der Waals surface area (Å²) in [6, 6.07) is 5.19. The van der Waals surface area contributed by atoms with E-state index >= 15 is 0 Å². The third-order valence-electron chi connectivity index (χ3n) is 3.63. The van der Waals surface area contributed by atoms with Crippen LogP contribution in [0.25, 0.3) is 0 Å². The van der Waals surface area contributed by atoms with Crippen LogP contribution in [0.15, 0.2) is 18.2 Å². The minimum atomic E-state index is -0.649. The first-order chi connectivity index (χ1) is 9.08. The number of aliphatic hydroxyl groups excluding tert-OH is 2. The molecule has 0 amide bonds. The van der Waals surface area contributed by atoms with Gasteiger partial charge in [0.05, 0.1) is 22.3 Å². The maximum absolute atomic E-state index is 10.1. The van der Waals surface area contributed by atoms with E-state index in [1.165, 1.54) is 0 Å². The smallest absolute Gasteiger partial charge is 0.0915 e. The zero-order valence-corrected chi connectivity index (χ0v) is 12.2. The second kappa shape index (κ2) is 6.91. The first-order valence-electron chi connectivity index (χ1n) is 6.62. The SMILES string of the molecule is O[C@@H]1CCCC[C@H]1NC[C@H](O)c1ccc(Cl)c(Cl)c1. The summed E-state index contributed by atoms with van der Waals surface area (Å²) in [7, 11) is 0. The van der Waals surface area contributed by atoms with E-state index in [0.717, 1.165) is 31.2 Å². The highest BCUT2D eigenvalue weighted by molar-refractivity contribution is 6.42. The topological polar surface area (TPSA) is 52.5 Å². The fourth-order valence-electron chi connectivity index (χ4n) is 2.45. The van der Waals surface area contributed by atoms with Gasteiger partial charge in [0.15, 0.2) is 0 Å². The van der Waals surface area contributed by atoms with Crippen LogP contribution >= 0.6 is 23.2 Å². The molecule has 1 saturated carbocycles. The predicted octanol–water partition coefficient (Wildman–Crippen LogP) is 2.92. The molecule has 0 heterocycles. The lowest BCUT2D eigenvalue weighted by Crippen LogP contribution is -2.43. The van der Waals surface area contributed by atoms with Crippen molar-refractivity contribution in [2.75, 3.05) is 6.54 Å². The number of benzene rings is 1. The number of aliphatic hydroxyl groups is 2. The van der Waals surface area contributed by atoms with Crippen LogP contribution < -0.4 is 5.32 Å². The first-order valence-corrected chi connectivity index (χ1v) is 7.38. The summed E-state index contributed by atoms with van der Waals surface area (Å²) in [5.74, 6) is 0. The van der Waals surface area contributed by atoms with Crippen LogP contribution in [-0.2, 0) is 0 Å². The molecule has 0 radical (unpaired) electrons. The molecule has 1 aromatic rings. The van der Waals surface area contributed by atoms with Gasteiger partial charge in [-0.15, -0.1) is 0 Å². The van der Waals surface area contributed by atoms with Crippen molar-refractivity contribution >= 4 is 23.2 Å². The molecule has 0 aliphatic heterocycles. The lowest BCUT2D eigenvalue weighted by molar-refractivity contribution is 0.0798. The molecule has 3 N–H and O–H groups in total. The summed E-state index contributed by atoms with van der Waals surface area (Å²) in [6.45, 7) is 0.402. The van der Waals surface area contributed by atoms with Gasteiger partial charge in [-0.3, -0.25) is 0 Å². The second-order valence-corrected chi connectivity index (χ2v) is 5.87. The molecule has 1 fully saturated rings. The zero-order valence-electron chi connectivity index (χ0n) is 10.6. The van der Waals surface area contributed by atoms with Gasteiger partial charge in [-0.1, -0.05) is 42.1 Å². The molecule has 0 aromatic heterocycles. The third-order valence-corrected chi connectivity index (χ3v) is 4.37. The average molecular weight is 304 g/mol. The molecule has 106 valence electrons. The van der Waals surface area contributed by atoms with Gasteiger partial charge in [0, 0.05) is 12.6 Å². The molecule has 19 heavy (non-hydrogen) atoms. The van der Waals surface area contributed by atoms with E-state index < -0.39 is 6.10 Å². The van der Waals surface area contributed by atoms with E-state index in [-0.39, 0.29) is 12.1 Å². The second-order valence-electron chi connectivity index (χ2n) is 5.06. The van der Waals surface area contributed by atoms with Crippen molar-refractivity contribution in [2.24, 2.45) is 0 Å². The number of hydrogen-bond donors (Lipinski definition) is 3. The van der Waals surface area contributed by atoms with E-state index in [1.54, 1.807) is 18.2 Å². The lowest BCUT2D eigenvalue weighted by atomic mass is 9.92. The largest absolute Gasteiger partial charge is 0.392 e. The maximum Gasteiger partial charge on any atom is 0.0915 e. The third kappa shape index (κ3) is 4.07. The average Bonchev–Trinajstić information content (AvgIpc) is 2.40. The molecular formula is C14H19Cl2NO2. The van der Waals surface area contributed by atoms with Gasteiger partial charge in [0.1, 0.15) is 0 Å². The predicted molar refractivity (Wildman–Crippen MR) is 77.7 cm³/mol. The van der Waals surface area contributed by atoms with Gasteiger partial charge >= 0.3 is 0 Å². The number of nitrogens with one attached hydrogen (secondary N) is 1. The standard InChI is InChI=1S/C14H19Cl2NO2/c15-10-6-5-9(7-11(10)16)14(19)8-17-12-3-1-2-4-13(12)18/h5-7,12-14,17-19H,1-4,8H2/t12-,13-,14+/m1/s1. The summed E-state index contributed by atoms with van der Waals surface area (Å²) < 4.78 is 0. The number of halogens is 2. The Balaban J connectivity index is 1.89. The quantitative estimate of drug-likeness (QED) is 0.801. The molecule has 1 aromatic carbocycles. The summed E-state index contributed by atoms with van der Waals surface area (Å²) in [5.41, 5.74) is 0.729. The fourth-order valence-corrected chi connectivity index (χ4v) is 2.76. The molecule has 0 saturated heterocycles. The summed E-state index contributed by atoms with van der Waals surface area (Å²) in [4.78, 5) is 0. The molecule has 3 nitrogen and oxygen atoms in total. The Bertz CT molecular complexity index is 428. The van der Waals surface area contributed by atoms with Crippen molar-refractivity contribution < 1.29 is 10.2 Å². The Labute approximate surface area is 123 Å². The Morgan fingerprint density at radius 2 is 1.95 bits per heavy atom. The Hall–Kier alpha value is -0.320. The van der Waals surface area contributed by atoms with Crippen LogP contribution in [0.2, 0.25) is 10.0 Å². The molecule has 0 unspecified atom stereocenters. The van der Waals surface area contributed by atoms with Crippen LogP contribution in [0.1, 0.15) is 37.4 Å². The molecule has 0 spiro atoms. The van der Waals surface area contributed by atoms with E-state index in [9.17, 15) is 10.2 Å². The minimum absolute atomic E-state index is 0.0752. The van der Waals surface area contributed by atoms with Gasteiger partial charge in [-0.05, 0) is 30.5 Å². The van der Waals surface area contributed by atoms with Crippen molar-refractivity contribution in [3.8, 4) is 0 Å². The van der Waals surface area contributed by atoms with E-state index in [1.807, 2.05) is 0 Å². The molecule has 2 rings (SSSR count). The highest BCUT2D eigenvalue weighted by Gasteiger charge is 2.23. The van der Waals surface area contributed by atoms with Gasteiger partial charge in [0.2, 0.25) is 0 Å². The number of hydrogen-bond acceptors (Lipinski definition) is 3. The fraction of sp³-hybridized carbons (Fsp3) is 0.571. The van der Waals surface area contributed by atoms with Crippen molar-refractivity contribution in [2.45, 2.75) is 43.9 Å². The van der Waals surface area contributed by atoms with E-state index in [0.29, 0.717) is 16.6 Å². The van der Waals surface area contributed by atoms with Crippen molar-refractivity contribution in [1.29, 1.82) is 0 Å². The highest BCUT2D eigenvalue weighted by atomic mass is 35.5. The first kappa shape index (κ1) is 15.1. The van der Waals surface area contributed by atoms with Crippen molar-refractivity contribution in [3.05, 3.63) is 33.8 Å². The zero-order chi connectivity index (χ0) is 13.8. The minimum Gasteiger partial charge on any atom is -0.392 e. The lowest BCUT2D eigenvalue weighted by Gasteiger charge is -2.29. The van der Waals surface area contributed by atoms with Gasteiger partial charge in [-0.25, -0.2) is 0 Å². The Morgan fingerprint density at radius 1 is 1.21 bits per heavy atom. The van der Waals surface area contributed by atoms with Crippen LogP contribution in [0.5, 0.6) is 0 Å². The Kier molecular flexibility index (Phi) is 5.48. The summed E-state index contributed by atoms with van der Waals surface area (Å²) in [5, 5.41) is 24.1. The Morgan fingerprint density at radius 3 is 2.63 bits per heavy atom. The maximum atomic E-state index is 10.1. The monoisotopic (exact) mass is 303 g/mol. The highest BCUT2D eigenvalue weighted by Crippen LogP contribution is 2.26. The van der Waals surface area contributed by atoms with Crippen LogP contribution in [-0.4, -0.2) is 28.9 Å². The van der Waals surface area contributed by atoms with Crippen LogP contribution in [0.4, 0.5) is 0 Å². The molecule has 1 aliphatic carbocycles. The summed E-state index contributed by atoms with van der Waals surface area (Å²) >= 11 is 11.8. The normalized spacial score (nSPS) is 25.3. The molecule has 0 bridgehead atoms. The van der Waals surface area contributed by atoms with Crippen molar-refractivity contribution in [1.82, 2.24) is 5.32 Å². The van der Waals surface area contributed by atoms with Gasteiger partial charge in [-0.2, -0.15) is 0 Å². The van der Waals surface area contributed by atoms with Gasteiger partial charge in [0.25, 0.3) is 0 Å².